The fourth-order valence-electron chi connectivity index (χ4n) is 1.29. The van der Waals surface area contributed by atoms with Gasteiger partial charge in [0.2, 0.25) is 0 Å². The van der Waals surface area contributed by atoms with Gasteiger partial charge < -0.3 is 5.32 Å². The van der Waals surface area contributed by atoms with Gasteiger partial charge in [-0.3, -0.25) is 15.1 Å². The lowest BCUT2D eigenvalue weighted by Gasteiger charge is -2.08. The molecule has 0 fully saturated rings. The number of rotatable bonds is 6. The number of nitro groups is 1. The number of anilines is 1. The van der Waals surface area contributed by atoms with E-state index in [9.17, 15) is 18.5 Å². The summed E-state index contributed by atoms with van der Waals surface area (Å²) in [6.07, 6.45) is 4.11. The van der Waals surface area contributed by atoms with Crippen molar-refractivity contribution in [2.24, 2.45) is 0 Å². The fourth-order valence-corrected chi connectivity index (χ4v) is 2.42. The Morgan fingerprint density at radius 3 is 2.72 bits per heavy atom. The van der Waals surface area contributed by atoms with Crippen LogP contribution in [0.1, 0.15) is 6.42 Å². The molecule has 100 valence electrons. The first kappa shape index (κ1) is 14.8. The SMILES string of the molecule is CS(=O)(=O)CCCNc1c(Br)cncc1[N+](=O)[O-]. The summed E-state index contributed by atoms with van der Waals surface area (Å²) in [4.78, 5) is 13.9. The van der Waals surface area contributed by atoms with E-state index in [-0.39, 0.29) is 11.4 Å². The maximum Gasteiger partial charge on any atom is 0.311 e. The van der Waals surface area contributed by atoms with Crippen molar-refractivity contribution in [1.29, 1.82) is 0 Å². The lowest BCUT2D eigenvalue weighted by molar-refractivity contribution is -0.384. The van der Waals surface area contributed by atoms with Gasteiger partial charge in [0.15, 0.2) is 0 Å². The number of sulfone groups is 1. The molecule has 0 saturated heterocycles. The molecule has 0 spiro atoms. The minimum absolute atomic E-state index is 0.0382. The number of nitrogens with zero attached hydrogens (tertiary/aromatic N) is 2. The summed E-state index contributed by atoms with van der Waals surface area (Å²) in [5.74, 6) is 0.0382. The van der Waals surface area contributed by atoms with Crippen LogP contribution < -0.4 is 5.32 Å². The molecule has 1 heterocycles. The first-order valence-corrected chi connectivity index (χ1v) is 7.86. The quantitative estimate of drug-likeness (QED) is 0.480. The monoisotopic (exact) mass is 337 g/mol. The second kappa shape index (κ2) is 6.10. The van der Waals surface area contributed by atoms with Crippen molar-refractivity contribution in [3.05, 3.63) is 27.0 Å². The molecule has 1 N–H and O–H groups in total. The molecule has 0 aliphatic carbocycles. The minimum Gasteiger partial charge on any atom is -0.378 e. The number of halogens is 1. The first-order chi connectivity index (χ1) is 8.31. The van der Waals surface area contributed by atoms with Crippen molar-refractivity contribution >= 4 is 37.1 Å². The van der Waals surface area contributed by atoms with E-state index in [4.69, 9.17) is 0 Å². The molecule has 7 nitrogen and oxygen atoms in total. The Morgan fingerprint density at radius 2 is 2.17 bits per heavy atom. The van der Waals surface area contributed by atoms with Crippen molar-refractivity contribution in [3.8, 4) is 0 Å². The highest BCUT2D eigenvalue weighted by atomic mass is 79.9. The van der Waals surface area contributed by atoms with E-state index in [1.165, 1.54) is 6.20 Å². The topological polar surface area (TPSA) is 102 Å². The molecular weight excluding hydrogens is 326 g/mol. The Hall–Kier alpha value is -1.22. The van der Waals surface area contributed by atoms with Crippen LogP contribution in [0.25, 0.3) is 0 Å². The lowest BCUT2D eigenvalue weighted by Crippen LogP contribution is -2.11. The van der Waals surface area contributed by atoms with Crippen molar-refractivity contribution < 1.29 is 13.3 Å². The van der Waals surface area contributed by atoms with Gasteiger partial charge in [-0.2, -0.15) is 0 Å². The predicted molar refractivity (Wildman–Crippen MR) is 71.4 cm³/mol. The Kier molecular flexibility index (Phi) is 5.03. The average molecular weight is 338 g/mol. The van der Waals surface area contributed by atoms with Crippen LogP contribution in [-0.4, -0.2) is 36.9 Å². The molecule has 0 radical (unpaired) electrons. The van der Waals surface area contributed by atoms with Crippen molar-refractivity contribution in [1.82, 2.24) is 4.98 Å². The molecule has 0 aromatic carbocycles. The van der Waals surface area contributed by atoms with Crippen LogP contribution in [-0.2, 0) is 9.84 Å². The summed E-state index contributed by atoms with van der Waals surface area (Å²) in [7, 11) is -3.01. The largest absolute Gasteiger partial charge is 0.378 e. The Morgan fingerprint density at radius 1 is 1.50 bits per heavy atom. The van der Waals surface area contributed by atoms with Gasteiger partial charge in [0.1, 0.15) is 21.7 Å². The summed E-state index contributed by atoms with van der Waals surface area (Å²) >= 11 is 3.16. The number of hydrogen-bond acceptors (Lipinski definition) is 6. The van der Waals surface area contributed by atoms with Gasteiger partial charge in [-0.05, 0) is 22.4 Å². The predicted octanol–water partition coefficient (Wildman–Crippen LogP) is 1.60. The van der Waals surface area contributed by atoms with Gasteiger partial charge in [0.05, 0.1) is 15.1 Å². The normalized spacial score (nSPS) is 11.2. The van der Waals surface area contributed by atoms with E-state index < -0.39 is 14.8 Å². The van der Waals surface area contributed by atoms with E-state index in [1.54, 1.807) is 0 Å². The van der Waals surface area contributed by atoms with Crippen LogP contribution >= 0.6 is 15.9 Å². The molecule has 0 amide bonds. The van der Waals surface area contributed by atoms with Crippen molar-refractivity contribution in [2.45, 2.75) is 6.42 Å². The summed E-state index contributed by atoms with van der Waals surface area (Å²) in [5.41, 5.74) is 0.159. The Bertz CT molecular complexity index is 547. The number of pyridine rings is 1. The average Bonchev–Trinajstić information content (AvgIpc) is 2.24. The smallest absolute Gasteiger partial charge is 0.311 e. The molecule has 1 aromatic rings. The zero-order valence-electron chi connectivity index (χ0n) is 9.59. The van der Waals surface area contributed by atoms with Gasteiger partial charge in [0, 0.05) is 19.0 Å². The number of hydrogen-bond donors (Lipinski definition) is 1. The highest BCUT2D eigenvalue weighted by molar-refractivity contribution is 9.10. The molecule has 9 heteroatoms. The highest BCUT2D eigenvalue weighted by Crippen LogP contribution is 2.30. The highest BCUT2D eigenvalue weighted by Gasteiger charge is 2.16. The van der Waals surface area contributed by atoms with E-state index in [1.807, 2.05) is 0 Å². The van der Waals surface area contributed by atoms with Crippen LogP contribution in [0.2, 0.25) is 0 Å². The molecule has 0 aliphatic rings. The van der Waals surface area contributed by atoms with Gasteiger partial charge in [-0.25, -0.2) is 8.42 Å². The number of aromatic nitrogens is 1. The van der Waals surface area contributed by atoms with E-state index in [0.29, 0.717) is 23.1 Å². The molecule has 1 aromatic heterocycles. The van der Waals surface area contributed by atoms with E-state index in [0.717, 1.165) is 12.5 Å². The van der Waals surface area contributed by atoms with Crippen LogP contribution in [0.3, 0.4) is 0 Å². The van der Waals surface area contributed by atoms with Crippen molar-refractivity contribution in [2.75, 3.05) is 23.9 Å². The lowest BCUT2D eigenvalue weighted by atomic mass is 10.3. The Balaban J connectivity index is 2.70. The number of nitrogens with one attached hydrogen (secondary N) is 1. The second-order valence-electron chi connectivity index (χ2n) is 3.68. The minimum atomic E-state index is -3.01. The maximum absolute atomic E-state index is 10.9. The molecule has 0 aliphatic heterocycles. The molecular formula is C9H12BrN3O4S. The third-order valence-electron chi connectivity index (χ3n) is 2.07. The molecule has 0 saturated carbocycles. The molecule has 0 unspecified atom stereocenters. The van der Waals surface area contributed by atoms with E-state index >= 15 is 0 Å². The van der Waals surface area contributed by atoms with E-state index in [2.05, 4.69) is 26.2 Å². The van der Waals surface area contributed by atoms with Crippen LogP contribution in [0, 0.1) is 10.1 Å². The van der Waals surface area contributed by atoms with Crippen molar-refractivity contribution in [3.63, 3.8) is 0 Å². The van der Waals surface area contributed by atoms with Gasteiger partial charge in [0.25, 0.3) is 0 Å². The zero-order valence-corrected chi connectivity index (χ0v) is 12.0. The molecule has 0 bridgehead atoms. The standard InChI is InChI=1S/C9H12BrN3O4S/c1-18(16,17)4-2-3-12-9-7(10)5-11-6-8(9)13(14)15/h5-6H,2-4H2,1H3,(H,11,12). The summed E-state index contributed by atoms with van der Waals surface area (Å²) in [6, 6.07) is 0. The summed E-state index contributed by atoms with van der Waals surface area (Å²) in [6.45, 7) is 0.330. The second-order valence-corrected chi connectivity index (χ2v) is 6.80. The first-order valence-electron chi connectivity index (χ1n) is 5.01. The fraction of sp³-hybridized carbons (Fsp3) is 0.444. The third kappa shape index (κ3) is 4.57. The van der Waals surface area contributed by atoms with Gasteiger partial charge in [-0.15, -0.1) is 0 Å². The van der Waals surface area contributed by atoms with Crippen LogP contribution in [0.15, 0.2) is 16.9 Å². The molecule has 18 heavy (non-hydrogen) atoms. The summed E-state index contributed by atoms with van der Waals surface area (Å²) < 4.78 is 22.3. The zero-order chi connectivity index (χ0) is 13.8. The Labute approximate surface area is 113 Å². The molecule has 1 rings (SSSR count). The maximum atomic E-state index is 10.9. The van der Waals surface area contributed by atoms with Crippen LogP contribution in [0.5, 0.6) is 0 Å². The van der Waals surface area contributed by atoms with Gasteiger partial charge in [-0.1, -0.05) is 0 Å². The summed E-state index contributed by atoms with van der Waals surface area (Å²) in [5, 5.41) is 13.6. The van der Waals surface area contributed by atoms with Crippen LogP contribution in [0.4, 0.5) is 11.4 Å². The van der Waals surface area contributed by atoms with Gasteiger partial charge >= 0.3 is 5.69 Å². The molecule has 0 atom stereocenters. The third-order valence-corrected chi connectivity index (χ3v) is 3.70.